The Bertz CT molecular complexity index is 1610. The monoisotopic (exact) mass is 484 g/mol. The summed E-state index contributed by atoms with van der Waals surface area (Å²) in [4.78, 5) is 34.7. The standard InChI is InChI=1S/C21H9O12P/c22-19-25-10-4-1-7-13(16(10)28-19)31-34(32-14-8-2-5-11-17(14)29-20(23)26-11)33-15-9-3-6-12-18(15)30-21(24)27-12/h1-9H. The summed E-state index contributed by atoms with van der Waals surface area (Å²) in [5.41, 5.74) is 0.491. The van der Waals surface area contributed by atoms with Gasteiger partial charge < -0.3 is 40.1 Å². The highest BCUT2D eigenvalue weighted by Crippen LogP contribution is 2.46. The molecule has 0 saturated heterocycles. The first kappa shape index (κ1) is 19.9. The number of hydrogen-bond acceptors (Lipinski definition) is 12. The van der Waals surface area contributed by atoms with Gasteiger partial charge >= 0.3 is 26.1 Å². The van der Waals surface area contributed by atoms with Gasteiger partial charge in [-0.2, -0.15) is 0 Å². The lowest BCUT2D eigenvalue weighted by atomic mass is 10.3. The lowest BCUT2D eigenvalue weighted by Gasteiger charge is -2.17. The van der Waals surface area contributed by atoms with Gasteiger partial charge in [-0.25, -0.2) is 14.4 Å². The molecule has 0 amide bonds. The van der Waals surface area contributed by atoms with E-state index in [0.717, 1.165) is 0 Å². The third kappa shape index (κ3) is 3.51. The van der Waals surface area contributed by atoms with Crippen LogP contribution < -0.4 is 31.0 Å². The molecule has 3 aromatic carbocycles. The molecular formula is C21H9O12P. The van der Waals surface area contributed by atoms with Crippen molar-refractivity contribution in [3.05, 3.63) is 86.4 Å². The maximum absolute atomic E-state index is 11.6. The van der Waals surface area contributed by atoms with Crippen molar-refractivity contribution in [1.82, 2.24) is 0 Å². The van der Waals surface area contributed by atoms with Crippen LogP contribution in [0.15, 0.2) is 95.5 Å². The summed E-state index contributed by atoms with van der Waals surface area (Å²) in [5.74, 6) is -2.57. The van der Waals surface area contributed by atoms with Crippen molar-refractivity contribution < 1.29 is 40.1 Å². The van der Waals surface area contributed by atoms with Gasteiger partial charge in [0.2, 0.25) is 16.7 Å². The van der Waals surface area contributed by atoms with Crippen molar-refractivity contribution in [2.45, 2.75) is 0 Å². The first-order valence-corrected chi connectivity index (χ1v) is 10.5. The lowest BCUT2D eigenvalue weighted by Crippen LogP contribution is -2.03. The molecule has 34 heavy (non-hydrogen) atoms. The van der Waals surface area contributed by atoms with E-state index in [-0.39, 0.29) is 50.7 Å². The summed E-state index contributed by atoms with van der Waals surface area (Å²) in [5, 5.41) is 0. The van der Waals surface area contributed by atoms with Crippen LogP contribution in [0.2, 0.25) is 0 Å². The van der Waals surface area contributed by atoms with Gasteiger partial charge in [0.15, 0.2) is 34.0 Å². The van der Waals surface area contributed by atoms with E-state index in [1.807, 2.05) is 0 Å². The minimum absolute atomic E-state index is 0.0216. The van der Waals surface area contributed by atoms with Gasteiger partial charge in [-0.3, -0.25) is 0 Å². The zero-order valence-corrected chi connectivity index (χ0v) is 17.4. The van der Waals surface area contributed by atoms with E-state index in [2.05, 4.69) is 0 Å². The second-order valence-electron chi connectivity index (χ2n) is 6.61. The van der Waals surface area contributed by atoms with Crippen LogP contribution >= 0.6 is 8.60 Å². The van der Waals surface area contributed by atoms with Crippen molar-refractivity contribution in [3.8, 4) is 17.2 Å². The Morgan fingerprint density at radius 1 is 0.471 bits per heavy atom. The number of rotatable bonds is 6. The number of hydrogen-bond donors (Lipinski definition) is 0. The van der Waals surface area contributed by atoms with Crippen molar-refractivity contribution in [2.24, 2.45) is 0 Å². The maximum atomic E-state index is 11.6. The molecular weight excluding hydrogens is 475 g/mol. The molecule has 0 aliphatic rings. The predicted molar refractivity (Wildman–Crippen MR) is 113 cm³/mol. The fourth-order valence-corrected chi connectivity index (χ4v) is 4.15. The largest absolute Gasteiger partial charge is 0.530 e. The topological polar surface area (TPSA) is 158 Å². The zero-order chi connectivity index (χ0) is 23.2. The van der Waals surface area contributed by atoms with E-state index >= 15 is 0 Å². The molecule has 0 atom stereocenters. The van der Waals surface area contributed by atoms with Crippen molar-refractivity contribution in [2.75, 3.05) is 0 Å². The van der Waals surface area contributed by atoms with Crippen LogP contribution in [0.3, 0.4) is 0 Å². The van der Waals surface area contributed by atoms with Crippen molar-refractivity contribution in [3.63, 3.8) is 0 Å². The first-order chi connectivity index (χ1) is 16.5. The van der Waals surface area contributed by atoms with Gasteiger partial charge in [0.05, 0.1) is 0 Å². The molecule has 0 bridgehead atoms. The smallest absolute Gasteiger partial charge is 0.404 e. The van der Waals surface area contributed by atoms with Gasteiger partial charge in [-0.15, -0.1) is 0 Å². The van der Waals surface area contributed by atoms with E-state index in [1.165, 1.54) is 36.4 Å². The molecule has 3 aromatic heterocycles. The van der Waals surface area contributed by atoms with Gasteiger partial charge in [-0.1, -0.05) is 18.2 Å². The molecule has 13 heteroatoms. The van der Waals surface area contributed by atoms with Crippen LogP contribution in [0.4, 0.5) is 0 Å². The average Bonchev–Trinajstić information content (AvgIpc) is 3.49. The molecule has 0 radical (unpaired) electrons. The molecule has 170 valence electrons. The molecule has 0 unspecified atom stereocenters. The molecule has 0 aliphatic heterocycles. The van der Waals surface area contributed by atoms with Gasteiger partial charge in [0, 0.05) is 0 Å². The average molecular weight is 484 g/mol. The predicted octanol–water partition coefficient (Wildman–Crippen LogP) is 4.55. The van der Waals surface area contributed by atoms with Crippen LogP contribution in [0.5, 0.6) is 17.2 Å². The summed E-state index contributed by atoms with van der Waals surface area (Å²) in [6.07, 6.45) is 0. The number of para-hydroxylation sites is 3. The second kappa shape index (κ2) is 7.71. The Hall–Kier alpha value is -4.70. The lowest BCUT2D eigenvalue weighted by molar-refractivity contribution is 0.372. The fourth-order valence-electron chi connectivity index (χ4n) is 3.12. The number of benzene rings is 3. The second-order valence-corrected chi connectivity index (χ2v) is 7.61. The Morgan fingerprint density at radius 3 is 1.12 bits per heavy atom. The summed E-state index contributed by atoms with van der Waals surface area (Å²) >= 11 is 0. The van der Waals surface area contributed by atoms with E-state index in [4.69, 9.17) is 40.1 Å². The molecule has 0 aliphatic carbocycles. The summed E-state index contributed by atoms with van der Waals surface area (Å²) in [6, 6.07) is 13.7. The Kier molecular flexibility index (Phi) is 4.52. The van der Waals surface area contributed by atoms with Crippen LogP contribution in [0.1, 0.15) is 0 Å². The van der Waals surface area contributed by atoms with Crippen LogP contribution in [0, 0.1) is 0 Å². The maximum Gasteiger partial charge on any atom is 0.530 e. The molecule has 0 N–H and O–H groups in total. The van der Waals surface area contributed by atoms with E-state index in [1.54, 1.807) is 18.2 Å². The van der Waals surface area contributed by atoms with Crippen LogP contribution in [0.25, 0.3) is 33.5 Å². The molecule has 6 rings (SSSR count). The third-order valence-electron chi connectivity index (χ3n) is 4.48. The van der Waals surface area contributed by atoms with E-state index in [0.29, 0.717) is 0 Å². The van der Waals surface area contributed by atoms with Crippen molar-refractivity contribution >= 4 is 42.1 Å². The first-order valence-electron chi connectivity index (χ1n) is 9.45. The molecule has 0 spiro atoms. The molecule has 12 nitrogen and oxygen atoms in total. The zero-order valence-electron chi connectivity index (χ0n) is 16.5. The Morgan fingerprint density at radius 2 is 0.794 bits per heavy atom. The van der Waals surface area contributed by atoms with E-state index < -0.39 is 26.1 Å². The Labute approximate surface area is 186 Å². The quantitative estimate of drug-likeness (QED) is 0.304. The number of fused-ring (bicyclic) bond motifs is 3. The SMILES string of the molecule is O=c1oc2cccc(OP(Oc3cccc4oc(=O)oc34)Oc3cccc4oc(=O)oc34)c2o1. The Balaban J connectivity index is 1.43. The summed E-state index contributed by atoms with van der Waals surface area (Å²) < 4.78 is 47.7. The van der Waals surface area contributed by atoms with Gasteiger partial charge in [0.25, 0.3) is 0 Å². The minimum atomic E-state index is -2.39. The third-order valence-corrected chi connectivity index (χ3v) is 5.52. The molecule has 0 saturated carbocycles. The summed E-state index contributed by atoms with van der Waals surface area (Å²) in [7, 11) is -2.39. The fraction of sp³-hybridized carbons (Fsp3) is 0. The molecule has 6 aromatic rings. The summed E-state index contributed by atoms with van der Waals surface area (Å²) in [6.45, 7) is 0. The molecule has 3 heterocycles. The van der Waals surface area contributed by atoms with Crippen LogP contribution in [-0.2, 0) is 0 Å². The molecule has 0 fully saturated rings. The van der Waals surface area contributed by atoms with Crippen molar-refractivity contribution in [1.29, 1.82) is 0 Å². The van der Waals surface area contributed by atoms with Gasteiger partial charge in [-0.05, 0) is 36.4 Å². The van der Waals surface area contributed by atoms with E-state index in [9.17, 15) is 14.4 Å². The van der Waals surface area contributed by atoms with Gasteiger partial charge in [0.1, 0.15) is 0 Å². The highest BCUT2D eigenvalue weighted by atomic mass is 31.2. The normalized spacial score (nSPS) is 11.6. The minimum Gasteiger partial charge on any atom is -0.404 e. The van der Waals surface area contributed by atoms with Crippen LogP contribution in [-0.4, -0.2) is 0 Å². The highest BCUT2D eigenvalue weighted by Gasteiger charge is 2.27. The highest BCUT2D eigenvalue weighted by molar-refractivity contribution is 7.43.